The van der Waals surface area contributed by atoms with Crippen LogP contribution < -0.4 is 16.6 Å². The van der Waals surface area contributed by atoms with Crippen molar-refractivity contribution in [3.63, 3.8) is 0 Å². The minimum atomic E-state index is -0.828. The summed E-state index contributed by atoms with van der Waals surface area (Å²) in [7, 11) is 1.56. The van der Waals surface area contributed by atoms with E-state index in [1.807, 2.05) is 0 Å². The van der Waals surface area contributed by atoms with Crippen molar-refractivity contribution in [2.75, 3.05) is 18.5 Å². The number of nitrogens with zero attached hydrogens (tertiary/aromatic N) is 3. The molecule has 3 N–H and O–H groups in total. The van der Waals surface area contributed by atoms with Crippen LogP contribution >= 0.6 is 0 Å². The van der Waals surface area contributed by atoms with E-state index in [1.165, 1.54) is 11.0 Å². The van der Waals surface area contributed by atoms with Crippen LogP contribution in [0.1, 0.15) is 32.1 Å². The highest BCUT2D eigenvalue weighted by molar-refractivity contribution is 5.74. The predicted molar refractivity (Wildman–Crippen MR) is 103 cm³/mol. The summed E-state index contributed by atoms with van der Waals surface area (Å²) in [6.45, 7) is 4.15. The van der Waals surface area contributed by atoms with Gasteiger partial charge in [0, 0.05) is 13.1 Å². The van der Waals surface area contributed by atoms with Gasteiger partial charge < -0.3 is 19.7 Å². The van der Waals surface area contributed by atoms with E-state index in [4.69, 9.17) is 4.74 Å². The van der Waals surface area contributed by atoms with Crippen LogP contribution in [0.25, 0.3) is 11.2 Å². The van der Waals surface area contributed by atoms with Gasteiger partial charge in [-0.2, -0.15) is 4.98 Å². The number of aromatic amines is 1. The minimum absolute atomic E-state index is 0.109. The molecule has 1 aliphatic rings. The molecule has 9 heteroatoms. The summed E-state index contributed by atoms with van der Waals surface area (Å²) in [4.78, 5) is 31.2. The van der Waals surface area contributed by atoms with E-state index in [2.05, 4.69) is 21.9 Å². The van der Waals surface area contributed by atoms with Gasteiger partial charge in [-0.15, -0.1) is 6.58 Å². The normalized spacial score (nSPS) is 16.5. The first-order chi connectivity index (χ1) is 13.0. The molecule has 0 amide bonds. The highest BCUT2D eigenvalue weighted by atomic mass is 16.5. The molecule has 2 heterocycles. The van der Waals surface area contributed by atoms with E-state index in [1.54, 1.807) is 17.7 Å². The lowest BCUT2D eigenvalue weighted by molar-refractivity contribution is 0.0405. The Morgan fingerprint density at radius 1 is 1.41 bits per heavy atom. The van der Waals surface area contributed by atoms with Crippen molar-refractivity contribution in [1.29, 1.82) is 0 Å². The smallest absolute Gasteiger partial charge is 0.329 e. The van der Waals surface area contributed by atoms with Crippen LogP contribution in [-0.4, -0.2) is 49.6 Å². The summed E-state index contributed by atoms with van der Waals surface area (Å²) in [6, 6.07) is 0.264. The maximum absolute atomic E-state index is 12.4. The first kappa shape index (κ1) is 19.4. The summed E-state index contributed by atoms with van der Waals surface area (Å²) >= 11 is 0. The maximum Gasteiger partial charge on any atom is 0.329 e. The van der Waals surface area contributed by atoms with Gasteiger partial charge in [0.15, 0.2) is 11.2 Å². The zero-order chi connectivity index (χ0) is 19.4. The summed E-state index contributed by atoms with van der Waals surface area (Å²) in [5.74, 6) is 0.492. The number of aliphatic hydroxyl groups is 1. The molecule has 3 rings (SSSR count). The Kier molecular flexibility index (Phi) is 6.12. The first-order valence-corrected chi connectivity index (χ1v) is 9.34. The Morgan fingerprint density at radius 3 is 2.85 bits per heavy atom. The lowest BCUT2D eigenvalue weighted by Gasteiger charge is -2.24. The van der Waals surface area contributed by atoms with Crippen molar-refractivity contribution in [3.05, 3.63) is 33.5 Å². The average Bonchev–Trinajstić information content (AvgIpc) is 2.99. The van der Waals surface area contributed by atoms with Crippen LogP contribution in [0.3, 0.4) is 0 Å². The van der Waals surface area contributed by atoms with Crippen LogP contribution in [0.2, 0.25) is 0 Å². The van der Waals surface area contributed by atoms with Crippen LogP contribution in [-0.2, 0) is 18.3 Å². The molecule has 0 aromatic carbocycles. The fraction of sp³-hybridized carbons (Fsp3) is 0.611. The average molecular weight is 377 g/mol. The molecule has 1 saturated carbocycles. The Hall–Kier alpha value is -2.39. The molecule has 0 spiro atoms. The number of aromatic nitrogens is 4. The summed E-state index contributed by atoms with van der Waals surface area (Å²) in [5, 5.41) is 13.7. The lowest BCUT2D eigenvalue weighted by Crippen LogP contribution is -2.31. The third kappa shape index (κ3) is 4.30. The number of aliphatic hydroxyl groups excluding tert-OH is 1. The quantitative estimate of drug-likeness (QED) is 0.462. The monoisotopic (exact) mass is 377 g/mol. The molecule has 0 radical (unpaired) electrons. The molecule has 148 valence electrons. The Balaban J connectivity index is 1.97. The number of anilines is 1. The molecule has 0 bridgehead atoms. The number of nitrogens with one attached hydrogen (secondary N) is 2. The summed E-state index contributed by atoms with van der Waals surface area (Å²) in [6.07, 6.45) is 6.36. The van der Waals surface area contributed by atoms with Gasteiger partial charge in [-0.3, -0.25) is 14.3 Å². The molecule has 1 atom stereocenters. The van der Waals surface area contributed by atoms with E-state index in [0.717, 1.165) is 25.7 Å². The number of hydrogen-bond donors (Lipinski definition) is 3. The van der Waals surface area contributed by atoms with Crippen molar-refractivity contribution >= 4 is 17.1 Å². The van der Waals surface area contributed by atoms with Gasteiger partial charge in [-0.1, -0.05) is 25.3 Å². The van der Waals surface area contributed by atoms with Gasteiger partial charge in [0.1, 0.15) is 0 Å². The number of rotatable bonds is 8. The standard InChI is InChI=1S/C18H27N5O4/c1-3-9-27-11-13(24)10-23-14-15(22(2)18(26)21-16(14)25)20-17(23)19-12-7-5-4-6-8-12/h3,12-13,24H,1,4-11H2,2H3,(H,19,20)(H,21,25,26)/t13-/m1/s1. The largest absolute Gasteiger partial charge is 0.389 e. The zero-order valence-electron chi connectivity index (χ0n) is 15.6. The summed E-state index contributed by atoms with van der Waals surface area (Å²) in [5.41, 5.74) is -0.479. The van der Waals surface area contributed by atoms with Crippen molar-refractivity contribution in [2.45, 2.75) is 50.8 Å². The van der Waals surface area contributed by atoms with E-state index in [0.29, 0.717) is 18.2 Å². The molecular formula is C18H27N5O4. The molecule has 1 fully saturated rings. The Bertz CT molecular complexity index is 907. The molecule has 0 saturated heterocycles. The van der Waals surface area contributed by atoms with Gasteiger partial charge in [0.2, 0.25) is 5.95 Å². The van der Waals surface area contributed by atoms with Crippen LogP contribution in [0, 0.1) is 0 Å². The van der Waals surface area contributed by atoms with Gasteiger partial charge in [0.05, 0.1) is 25.9 Å². The van der Waals surface area contributed by atoms with Gasteiger partial charge in [0.25, 0.3) is 5.56 Å². The molecule has 1 aliphatic carbocycles. The molecular weight excluding hydrogens is 350 g/mol. The summed E-state index contributed by atoms with van der Waals surface area (Å²) < 4.78 is 8.25. The van der Waals surface area contributed by atoms with Crippen molar-refractivity contribution in [2.24, 2.45) is 7.05 Å². The fourth-order valence-corrected chi connectivity index (χ4v) is 3.50. The van der Waals surface area contributed by atoms with Crippen LogP contribution in [0.5, 0.6) is 0 Å². The molecule has 2 aromatic rings. The van der Waals surface area contributed by atoms with Crippen molar-refractivity contribution in [3.8, 4) is 0 Å². The highest BCUT2D eigenvalue weighted by Gasteiger charge is 2.22. The van der Waals surface area contributed by atoms with Crippen molar-refractivity contribution < 1.29 is 9.84 Å². The third-order valence-electron chi connectivity index (χ3n) is 4.88. The second-order valence-electron chi connectivity index (χ2n) is 7.00. The van der Waals surface area contributed by atoms with Crippen LogP contribution in [0.4, 0.5) is 5.95 Å². The fourth-order valence-electron chi connectivity index (χ4n) is 3.50. The molecule has 27 heavy (non-hydrogen) atoms. The number of imidazole rings is 1. The Morgan fingerprint density at radius 2 is 2.15 bits per heavy atom. The topological polar surface area (TPSA) is 114 Å². The number of aryl methyl sites for hydroxylation is 1. The van der Waals surface area contributed by atoms with E-state index < -0.39 is 17.4 Å². The van der Waals surface area contributed by atoms with E-state index in [9.17, 15) is 14.7 Å². The number of H-pyrrole nitrogens is 1. The zero-order valence-corrected chi connectivity index (χ0v) is 15.6. The third-order valence-corrected chi connectivity index (χ3v) is 4.88. The van der Waals surface area contributed by atoms with Gasteiger partial charge in [-0.05, 0) is 12.8 Å². The van der Waals surface area contributed by atoms with E-state index >= 15 is 0 Å². The van der Waals surface area contributed by atoms with Crippen molar-refractivity contribution in [1.82, 2.24) is 19.1 Å². The van der Waals surface area contributed by atoms with Crippen LogP contribution in [0.15, 0.2) is 22.2 Å². The highest BCUT2D eigenvalue weighted by Crippen LogP contribution is 2.23. The number of fused-ring (bicyclic) bond motifs is 1. The molecule has 9 nitrogen and oxygen atoms in total. The first-order valence-electron chi connectivity index (χ1n) is 9.34. The predicted octanol–water partition coefficient (Wildman–Crippen LogP) is 0.731. The molecule has 2 aromatic heterocycles. The second-order valence-corrected chi connectivity index (χ2v) is 7.00. The minimum Gasteiger partial charge on any atom is -0.389 e. The lowest BCUT2D eigenvalue weighted by atomic mass is 9.96. The number of ether oxygens (including phenoxy) is 1. The molecule has 0 aliphatic heterocycles. The SMILES string of the molecule is C=CCOC[C@H](O)Cn1c(NC2CCCCC2)nc2c1c(=O)[nH]c(=O)n2C. The van der Waals surface area contributed by atoms with Gasteiger partial charge >= 0.3 is 5.69 Å². The molecule has 0 unspecified atom stereocenters. The number of hydrogen-bond acceptors (Lipinski definition) is 6. The second kappa shape index (κ2) is 8.53. The van der Waals surface area contributed by atoms with E-state index in [-0.39, 0.29) is 24.7 Å². The van der Waals surface area contributed by atoms with Gasteiger partial charge in [-0.25, -0.2) is 4.79 Å². The maximum atomic E-state index is 12.4. The Labute approximate surface area is 156 Å².